The molecule has 29 heavy (non-hydrogen) atoms. The first-order valence-electron chi connectivity index (χ1n) is 10.1. The average Bonchev–Trinajstić information content (AvgIpc) is 3.10. The van der Waals surface area contributed by atoms with Crippen molar-refractivity contribution in [1.82, 2.24) is 10.3 Å². The first-order valence-corrected chi connectivity index (χ1v) is 10.1. The number of carbonyl (C=O) groups is 2. The Bertz CT molecular complexity index is 1030. The van der Waals surface area contributed by atoms with Gasteiger partial charge in [-0.1, -0.05) is 38.8 Å². The van der Waals surface area contributed by atoms with Gasteiger partial charge in [-0.15, -0.1) is 0 Å². The maximum Gasteiger partial charge on any atom is 0.261 e. The fourth-order valence-electron chi connectivity index (χ4n) is 4.71. The van der Waals surface area contributed by atoms with Crippen LogP contribution in [0.15, 0.2) is 35.1 Å². The van der Waals surface area contributed by atoms with Gasteiger partial charge >= 0.3 is 0 Å². The topological polar surface area (TPSA) is 79.0 Å². The highest BCUT2D eigenvalue weighted by molar-refractivity contribution is 6.02. The second-order valence-electron chi connectivity index (χ2n) is 9.10. The van der Waals surface area contributed by atoms with Gasteiger partial charge in [0, 0.05) is 17.7 Å². The molecule has 0 bridgehead atoms. The number of benzene rings is 1. The molecule has 6 heteroatoms. The van der Waals surface area contributed by atoms with Crippen LogP contribution >= 0.6 is 0 Å². The Morgan fingerprint density at radius 1 is 1.07 bits per heavy atom. The van der Waals surface area contributed by atoms with E-state index in [1.165, 1.54) is 18.2 Å². The van der Waals surface area contributed by atoms with E-state index in [0.717, 1.165) is 31.2 Å². The summed E-state index contributed by atoms with van der Waals surface area (Å²) < 4.78 is 13.4. The molecule has 2 aliphatic carbocycles. The van der Waals surface area contributed by atoms with Crippen LogP contribution in [0.2, 0.25) is 0 Å². The molecule has 4 rings (SSSR count). The van der Waals surface area contributed by atoms with Crippen LogP contribution in [0.4, 0.5) is 4.39 Å². The molecule has 5 nitrogen and oxygen atoms in total. The van der Waals surface area contributed by atoms with Crippen LogP contribution in [0.3, 0.4) is 0 Å². The molecular weight excluding hydrogens is 371 g/mol. The predicted molar refractivity (Wildman–Crippen MR) is 108 cm³/mol. The van der Waals surface area contributed by atoms with Gasteiger partial charge in [0.25, 0.3) is 11.5 Å². The SMILES string of the molecule is CC1(C)CC(=O)c2cc(C(=O)NC3(c4ccc(F)cc4)CCCC3)c(=O)[nH]c2C1. The molecule has 2 aromatic rings. The highest BCUT2D eigenvalue weighted by atomic mass is 19.1. The highest BCUT2D eigenvalue weighted by Gasteiger charge is 2.38. The summed E-state index contributed by atoms with van der Waals surface area (Å²) in [6.07, 6.45) is 4.29. The minimum atomic E-state index is -0.626. The van der Waals surface area contributed by atoms with Crippen molar-refractivity contribution in [3.8, 4) is 0 Å². The number of ketones is 1. The second-order valence-corrected chi connectivity index (χ2v) is 9.10. The summed E-state index contributed by atoms with van der Waals surface area (Å²) in [5.74, 6) is -0.894. The lowest BCUT2D eigenvalue weighted by Crippen LogP contribution is -2.45. The molecule has 1 amide bonds. The van der Waals surface area contributed by atoms with Crippen molar-refractivity contribution < 1.29 is 14.0 Å². The Kier molecular flexibility index (Phi) is 4.68. The Morgan fingerprint density at radius 3 is 2.38 bits per heavy atom. The Labute approximate surface area is 168 Å². The molecule has 1 fully saturated rings. The van der Waals surface area contributed by atoms with Crippen molar-refractivity contribution in [1.29, 1.82) is 0 Å². The summed E-state index contributed by atoms with van der Waals surface area (Å²) in [5.41, 5.74) is 0.478. The van der Waals surface area contributed by atoms with Crippen molar-refractivity contribution >= 4 is 11.7 Å². The normalized spacial score (nSPS) is 19.6. The van der Waals surface area contributed by atoms with Crippen molar-refractivity contribution in [2.75, 3.05) is 0 Å². The number of hydrogen-bond acceptors (Lipinski definition) is 3. The van der Waals surface area contributed by atoms with Crippen molar-refractivity contribution in [2.45, 2.75) is 57.9 Å². The predicted octanol–water partition coefficient (Wildman–Crippen LogP) is 3.87. The van der Waals surface area contributed by atoms with E-state index >= 15 is 0 Å². The molecule has 0 spiro atoms. The van der Waals surface area contributed by atoms with E-state index in [9.17, 15) is 18.8 Å². The van der Waals surface area contributed by atoms with Crippen LogP contribution < -0.4 is 10.9 Å². The number of amides is 1. The van der Waals surface area contributed by atoms with E-state index in [4.69, 9.17) is 0 Å². The van der Waals surface area contributed by atoms with E-state index in [2.05, 4.69) is 10.3 Å². The van der Waals surface area contributed by atoms with Gasteiger partial charge in [0.15, 0.2) is 5.78 Å². The number of fused-ring (bicyclic) bond motifs is 1. The zero-order chi connectivity index (χ0) is 20.8. The van der Waals surface area contributed by atoms with Crippen molar-refractivity contribution in [3.63, 3.8) is 0 Å². The number of aromatic nitrogens is 1. The quantitative estimate of drug-likeness (QED) is 0.827. The maximum atomic E-state index is 13.4. The Hall–Kier alpha value is -2.76. The van der Waals surface area contributed by atoms with E-state index < -0.39 is 17.0 Å². The molecule has 2 N–H and O–H groups in total. The third-order valence-corrected chi connectivity index (χ3v) is 6.17. The summed E-state index contributed by atoms with van der Waals surface area (Å²) >= 11 is 0. The zero-order valence-corrected chi connectivity index (χ0v) is 16.7. The average molecular weight is 396 g/mol. The molecule has 0 atom stereocenters. The van der Waals surface area contributed by atoms with Crippen LogP contribution in [-0.4, -0.2) is 16.7 Å². The largest absolute Gasteiger partial charge is 0.342 e. The number of pyridine rings is 1. The number of H-pyrrole nitrogens is 1. The van der Waals surface area contributed by atoms with Gasteiger partial charge in [-0.05, 0) is 48.4 Å². The number of aromatic amines is 1. The van der Waals surface area contributed by atoms with Gasteiger partial charge in [-0.3, -0.25) is 14.4 Å². The lowest BCUT2D eigenvalue weighted by atomic mass is 9.75. The van der Waals surface area contributed by atoms with Gasteiger partial charge in [-0.2, -0.15) is 0 Å². The minimum Gasteiger partial charge on any atom is -0.342 e. The highest BCUT2D eigenvalue weighted by Crippen LogP contribution is 2.39. The minimum absolute atomic E-state index is 0.0507. The number of rotatable bonds is 3. The Morgan fingerprint density at radius 2 is 1.72 bits per heavy atom. The summed E-state index contributed by atoms with van der Waals surface area (Å²) in [6.45, 7) is 3.97. The molecule has 1 heterocycles. The molecule has 152 valence electrons. The van der Waals surface area contributed by atoms with E-state index in [-0.39, 0.29) is 22.6 Å². The second kappa shape index (κ2) is 6.94. The van der Waals surface area contributed by atoms with Crippen LogP contribution in [0.5, 0.6) is 0 Å². The lowest BCUT2D eigenvalue weighted by Gasteiger charge is -2.32. The van der Waals surface area contributed by atoms with Crippen LogP contribution in [0.1, 0.15) is 77.9 Å². The fourth-order valence-corrected chi connectivity index (χ4v) is 4.71. The molecule has 1 aromatic heterocycles. The fraction of sp³-hybridized carbons (Fsp3) is 0.435. The van der Waals surface area contributed by atoms with Gasteiger partial charge in [0.05, 0.1) is 5.54 Å². The summed E-state index contributed by atoms with van der Waals surface area (Å²) in [6, 6.07) is 7.57. The van der Waals surface area contributed by atoms with E-state index in [0.29, 0.717) is 24.1 Å². The van der Waals surface area contributed by atoms with Crippen LogP contribution in [-0.2, 0) is 12.0 Å². The molecule has 0 radical (unpaired) electrons. The van der Waals surface area contributed by atoms with Crippen molar-refractivity contribution in [2.24, 2.45) is 5.41 Å². The summed E-state index contributed by atoms with van der Waals surface area (Å²) in [7, 11) is 0. The van der Waals surface area contributed by atoms with Crippen LogP contribution in [0.25, 0.3) is 0 Å². The molecular formula is C23H25FN2O3. The van der Waals surface area contributed by atoms with Gasteiger partial charge in [0.1, 0.15) is 11.4 Å². The third-order valence-electron chi connectivity index (χ3n) is 6.17. The lowest BCUT2D eigenvalue weighted by molar-refractivity contribution is 0.0896. The standard InChI is InChI=1S/C23H25FN2O3/c1-22(2)12-18-16(19(27)13-22)11-17(20(28)25-18)21(29)26-23(9-3-4-10-23)14-5-7-15(24)8-6-14/h5-8,11H,3-4,9-10,12-13H2,1-2H3,(H,25,28)(H,26,29). The smallest absolute Gasteiger partial charge is 0.261 e. The zero-order valence-electron chi connectivity index (χ0n) is 16.7. The summed E-state index contributed by atoms with van der Waals surface area (Å²) in [4.78, 5) is 41.0. The van der Waals surface area contributed by atoms with Crippen molar-refractivity contribution in [3.05, 3.63) is 68.9 Å². The first-order chi connectivity index (χ1) is 13.7. The molecule has 0 aliphatic heterocycles. The number of Topliss-reactive ketones (excluding diaryl/α,β-unsaturated/α-hetero) is 1. The number of halogens is 1. The summed E-state index contributed by atoms with van der Waals surface area (Å²) in [5, 5.41) is 3.03. The van der Waals surface area contributed by atoms with Gasteiger partial charge in [-0.25, -0.2) is 4.39 Å². The molecule has 2 aliphatic rings. The molecule has 0 unspecified atom stereocenters. The number of carbonyl (C=O) groups excluding carboxylic acids is 2. The van der Waals surface area contributed by atoms with Crippen LogP contribution in [0, 0.1) is 11.2 Å². The molecule has 1 aromatic carbocycles. The monoisotopic (exact) mass is 396 g/mol. The molecule has 0 saturated heterocycles. The van der Waals surface area contributed by atoms with E-state index in [1.807, 2.05) is 13.8 Å². The molecule has 1 saturated carbocycles. The maximum absolute atomic E-state index is 13.4. The first kappa shape index (κ1) is 19.6. The third kappa shape index (κ3) is 3.63. The van der Waals surface area contributed by atoms with Gasteiger partial charge < -0.3 is 10.3 Å². The number of nitrogens with one attached hydrogen (secondary N) is 2. The van der Waals surface area contributed by atoms with Gasteiger partial charge in [0.2, 0.25) is 0 Å². The number of hydrogen-bond donors (Lipinski definition) is 2. The Balaban J connectivity index is 1.68. The van der Waals surface area contributed by atoms with E-state index in [1.54, 1.807) is 12.1 Å².